The lowest BCUT2D eigenvalue weighted by Crippen LogP contribution is -2.56. The molecule has 8 heterocycles. The number of halogens is 6. The number of aryl methyl sites for hydroxylation is 3. The standard InChI is InChI=1S/C20H26N4S.C17H22N2O2.C13H24N4.C11H18F2N2.C10H15ClF3NO.C10H18N2.CH4/c1-20(2,3)23(12-13-24-11-7-10-21-24)15-18-16-25-19(22-18)14-17-8-5-4-6-9-17;1-17(2,3)19(12-15-10-7-11-21-15)13-16(20)18-14-8-5-4-6-9-14;1-13(2,3)14-9-5-4-7-11-15-16-12-8-6-10-17(11)12;1-11(2,3)6-4-5-9-14-7-8-15(9)10(12)13;1-9(2,3)15-5-6(10(12,13)14)4-7(11)8(15)16;1-10(2,3)11-6-9-12-7-4-5-8-12;/h4-11,16H,12-15H2,1-3H3;4-11H,12-13H2,1-3H3,(H,18,20);14H,4-10H2,1-3H3;7-8,10H,4-6H2,1-3H3;6-7H,4-5H2,1-3H3;4-5,7-8,11H,6,9H2,1-3H3;1H4. The molecule has 0 bridgehead atoms. The van der Waals surface area contributed by atoms with Crippen LogP contribution in [0.3, 0.4) is 0 Å². The number of benzene rings is 2. The number of nitrogens with one attached hydrogen (secondary N) is 3. The minimum atomic E-state index is -4.29. The van der Waals surface area contributed by atoms with E-state index in [0.29, 0.717) is 25.3 Å². The Bertz CT molecular complexity index is 3690. The Balaban J connectivity index is 0.000000275. The lowest BCUT2D eigenvalue weighted by molar-refractivity contribution is -0.192. The zero-order chi connectivity index (χ0) is 78.5. The van der Waals surface area contributed by atoms with E-state index in [-0.39, 0.29) is 53.9 Å². The van der Waals surface area contributed by atoms with Gasteiger partial charge in [-0.3, -0.25) is 28.6 Å². The van der Waals surface area contributed by atoms with Crippen molar-refractivity contribution in [1.82, 2.24) is 69.0 Å². The molecular formula is C82H127ClF5N15O3S. The molecular weight excluding hydrogens is 1410 g/mol. The number of nitrogens with zero attached hydrogens (tertiary/aromatic N) is 12. The highest BCUT2D eigenvalue weighted by molar-refractivity contribution is 7.09. The third-order valence-corrected chi connectivity index (χ3v) is 18.6. The number of carbonyl (C=O) groups excluding carboxylic acids is 2. The number of alkyl halides is 6. The zero-order valence-electron chi connectivity index (χ0n) is 66.4. The molecule has 0 saturated carbocycles. The second kappa shape index (κ2) is 43.3. The molecule has 0 radical (unpaired) electrons. The van der Waals surface area contributed by atoms with E-state index in [0.717, 1.165) is 99.6 Å². The number of likely N-dealkylation sites (tertiary alicyclic amines) is 1. The summed E-state index contributed by atoms with van der Waals surface area (Å²) in [6.07, 6.45) is 17.1. The van der Waals surface area contributed by atoms with Crippen LogP contribution < -0.4 is 16.0 Å². The average molecular weight is 1530 g/mol. The van der Waals surface area contributed by atoms with Gasteiger partial charge in [0.1, 0.15) is 28.6 Å². The summed E-state index contributed by atoms with van der Waals surface area (Å²) in [6.45, 7) is 42.9. The first-order chi connectivity index (χ1) is 49.5. The van der Waals surface area contributed by atoms with Gasteiger partial charge in [0.25, 0.3) is 0 Å². The number of aromatic nitrogens is 9. The maximum atomic E-state index is 12.6. The van der Waals surface area contributed by atoms with Crippen molar-refractivity contribution >= 4 is 40.4 Å². The highest BCUT2D eigenvalue weighted by atomic mass is 35.5. The van der Waals surface area contributed by atoms with Crippen molar-refractivity contribution in [2.45, 2.75) is 275 Å². The molecule has 3 N–H and O–H groups in total. The van der Waals surface area contributed by atoms with Gasteiger partial charge in [0.15, 0.2) is 0 Å². The van der Waals surface area contributed by atoms with Crippen LogP contribution in [0.1, 0.15) is 217 Å². The van der Waals surface area contributed by atoms with E-state index < -0.39 is 35.5 Å². The van der Waals surface area contributed by atoms with Crippen LogP contribution in [0.5, 0.6) is 0 Å². The quantitative estimate of drug-likeness (QED) is 0.0297. The maximum absolute atomic E-state index is 12.6. The lowest BCUT2D eigenvalue weighted by atomic mass is 9.90. The number of amides is 2. The van der Waals surface area contributed by atoms with Gasteiger partial charge in [-0.05, 0) is 202 Å². The molecule has 2 aliphatic heterocycles. The number of carbonyl (C=O) groups is 2. The Morgan fingerprint density at radius 1 is 0.710 bits per heavy atom. The molecule has 6 aromatic heterocycles. The van der Waals surface area contributed by atoms with E-state index in [2.05, 4.69) is 219 Å². The van der Waals surface area contributed by atoms with E-state index >= 15 is 0 Å². The Morgan fingerprint density at radius 2 is 1.35 bits per heavy atom. The summed E-state index contributed by atoms with van der Waals surface area (Å²) >= 11 is 7.43. The number of piperidine rings is 1. The van der Waals surface area contributed by atoms with Gasteiger partial charge in [-0.25, -0.2) is 9.97 Å². The predicted octanol–water partition coefficient (Wildman–Crippen LogP) is 18.6. The molecule has 596 valence electrons. The summed E-state index contributed by atoms with van der Waals surface area (Å²) in [7, 11) is 0. The third kappa shape index (κ3) is 36.3. The summed E-state index contributed by atoms with van der Waals surface area (Å²) in [5.74, 6) is 1.76. The van der Waals surface area contributed by atoms with E-state index in [1.807, 2.05) is 65.6 Å². The molecule has 107 heavy (non-hydrogen) atoms. The largest absolute Gasteiger partial charge is 0.468 e. The molecule has 2 aliphatic rings. The molecule has 0 aliphatic carbocycles. The van der Waals surface area contributed by atoms with Crippen molar-refractivity contribution in [2.24, 2.45) is 11.3 Å². The van der Waals surface area contributed by atoms with Gasteiger partial charge in [-0.15, -0.1) is 33.1 Å². The Hall–Kier alpha value is -7.09. The number of thiazole rings is 1. The summed E-state index contributed by atoms with van der Waals surface area (Å²) in [4.78, 5) is 38.5. The zero-order valence-corrected chi connectivity index (χ0v) is 68.0. The van der Waals surface area contributed by atoms with Crippen LogP contribution in [0.2, 0.25) is 0 Å². The molecule has 2 unspecified atom stereocenters. The monoisotopic (exact) mass is 1530 g/mol. The number of rotatable bonds is 24. The topological polar surface area (TPSA) is 177 Å². The van der Waals surface area contributed by atoms with E-state index in [9.17, 15) is 31.5 Å². The highest BCUT2D eigenvalue weighted by Gasteiger charge is 2.49. The number of hydrogen-bond donors (Lipinski definition) is 3. The van der Waals surface area contributed by atoms with E-state index in [1.165, 1.54) is 58.8 Å². The first-order valence-corrected chi connectivity index (χ1v) is 38.5. The summed E-state index contributed by atoms with van der Waals surface area (Å²) in [5, 5.41) is 25.0. The lowest BCUT2D eigenvalue weighted by Gasteiger charge is -2.43. The van der Waals surface area contributed by atoms with Crippen LogP contribution in [-0.4, -0.2) is 142 Å². The molecule has 2 amide bonds. The van der Waals surface area contributed by atoms with Crippen molar-refractivity contribution in [2.75, 3.05) is 38.0 Å². The van der Waals surface area contributed by atoms with Gasteiger partial charge < -0.3 is 34.4 Å². The van der Waals surface area contributed by atoms with Crippen LogP contribution >= 0.6 is 22.9 Å². The fourth-order valence-corrected chi connectivity index (χ4v) is 12.5. The maximum Gasteiger partial charge on any atom is 0.393 e. The SMILES string of the molecule is C.CC(C)(C)CCCc1nccn1C(F)F.CC(C)(C)N(CC(=O)Nc1ccccc1)Cc1ccco1.CC(C)(C)N(CCn1cccn1)Cc1csc(Cc2ccccc2)n1.CC(C)(C)N1CC(C(F)(F)F)CC(Cl)C1=O.CC(C)(C)NCCCCc1nnc2n1CCC2.CC(C)(C)NCCn1cccc1. The van der Waals surface area contributed by atoms with Gasteiger partial charge in [-0.2, -0.15) is 27.1 Å². The Kier molecular flexibility index (Phi) is 37.4. The van der Waals surface area contributed by atoms with Crippen LogP contribution in [-0.2, 0) is 68.0 Å². The summed E-state index contributed by atoms with van der Waals surface area (Å²) in [6, 6.07) is 29.9. The van der Waals surface area contributed by atoms with Crippen LogP contribution in [0, 0.1) is 11.3 Å². The number of fused-ring (bicyclic) bond motifs is 1. The molecule has 1 saturated heterocycles. The van der Waals surface area contributed by atoms with Crippen molar-refractivity contribution in [3.63, 3.8) is 0 Å². The summed E-state index contributed by atoms with van der Waals surface area (Å²) in [5.41, 5.74) is 3.34. The number of para-hydroxylation sites is 1. The normalized spacial score (nSPS) is 14.8. The van der Waals surface area contributed by atoms with Gasteiger partial charge in [-0.1, -0.05) is 76.7 Å². The molecule has 0 spiro atoms. The van der Waals surface area contributed by atoms with Crippen LogP contribution in [0.4, 0.5) is 27.6 Å². The van der Waals surface area contributed by atoms with Crippen molar-refractivity contribution in [1.29, 1.82) is 0 Å². The number of imidazole rings is 1. The van der Waals surface area contributed by atoms with Gasteiger partial charge in [0, 0.05) is 141 Å². The first-order valence-electron chi connectivity index (χ1n) is 37.2. The first kappa shape index (κ1) is 92.3. The second-order valence-electron chi connectivity index (χ2n) is 33.3. The van der Waals surface area contributed by atoms with Crippen LogP contribution in [0.25, 0.3) is 0 Å². The number of anilines is 1. The molecule has 2 aromatic carbocycles. The second-order valence-corrected chi connectivity index (χ2v) is 34.8. The third-order valence-electron chi connectivity index (χ3n) is 17.4. The molecule has 8 aromatic rings. The van der Waals surface area contributed by atoms with Gasteiger partial charge >= 0.3 is 12.7 Å². The molecule has 10 rings (SSSR count). The van der Waals surface area contributed by atoms with Crippen LogP contribution in [0.15, 0.2) is 144 Å². The van der Waals surface area contributed by atoms with Crippen molar-refractivity contribution < 1.29 is 36.0 Å². The van der Waals surface area contributed by atoms with E-state index in [4.69, 9.17) is 21.0 Å². The fraction of sp³-hybridized carbons (Fsp3) is 0.598. The molecule has 25 heteroatoms. The molecule has 1 fully saturated rings. The molecule has 2 atom stereocenters. The highest BCUT2D eigenvalue weighted by Crippen LogP contribution is 2.38. The number of furan rings is 1. The Labute approximate surface area is 645 Å². The van der Waals surface area contributed by atoms with Gasteiger partial charge in [0.05, 0.1) is 42.5 Å². The minimum absolute atomic E-state index is 0. The summed E-state index contributed by atoms with van der Waals surface area (Å²) < 4.78 is 75.5. The average Bonchev–Trinajstić information content (AvgIpc) is 1.28. The Morgan fingerprint density at radius 3 is 1.92 bits per heavy atom. The van der Waals surface area contributed by atoms with E-state index in [1.54, 1.807) is 38.4 Å². The number of unbranched alkanes of at least 4 members (excludes halogenated alkanes) is 1. The molecule has 18 nitrogen and oxygen atoms in total. The van der Waals surface area contributed by atoms with Crippen molar-refractivity contribution in [3.05, 3.63) is 179 Å². The smallest absolute Gasteiger partial charge is 0.393 e. The fourth-order valence-electron chi connectivity index (χ4n) is 11.4. The van der Waals surface area contributed by atoms with Gasteiger partial charge in [0.2, 0.25) is 11.8 Å². The predicted molar refractivity (Wildman–Crippen MR) is 427 cm³/mol. The minimum Gasteiger partial charge on any atom is -0.468 e. The van der Waals surface area contributed by atoms with Crippen molar-refractivity contribution in [3.8, 4) is 0 Å². The number of hydrogen-bond acceptors (Lipinski definition) is 13.